The fourth-order valence-corrected chi connectivity index (χ4v) is 5.73. The molecule has 1 aliphatic heterocycles. The van der Waals surface area contributed by atoms with Crippen LogP contribution >= 0.6 is 0 Å². The highest BCUT2D eigenvalue weighted by Gasteiger charge is 2.58. The number of nitrogens with one attached hydrogen (secondary N) is 1. The molecule has 2 atom stereocenters. The first-order valence-corrected chi connectivity index (χ1v) is 12.4. The summed E-state index contributed by atoms with van der Waals surface area (Å²) in [6, 6.07) is 16.0. The Labute approximate surface area is 205 Å². The SMILES string of the molecule is CC(C)[C@H](CC(=O)N1CC(C(=O)O)C2(CC2)C1)NC(=O)OCC1c2ccccc2-c2ccccc21. The molecule has 35 heavy (non-hydrogen) atoms. The van der Waals surface area contributed by atoms with Gasteiger partial charge in [-0.2, -0.15) is 0 Å². The molecule has 2 aromatic rings. The first kappa shape index (κ1) is 23.4. The van der Waals surface area contributed by atoms with E-state index in [1.165, 1.54) is 11.1 Å². The third kappa shape index (κ3) is 4.40. The van der Waals surface area contributed by atoms with Crippen molar-refractivity contribution in [3.8, 4) is 11.1 Å². The van der Waals surface area contributed by atoms with E-state index in [4.69, 9.17) is 4.74 Å². The predicted molar refractivity (Wildman–Crippen MR) is 131 cm³/mol. The summed E-state index contributed by atoms with van der Waals surface area (Å²) < 4.78 is 5.67. The first-order chi connectivity index (χ1) is 16.8. The van der Waals surface area contributed by atoms with Crippen LogP contribution in [-0.4, -0.2) is 53.7 Å². The van der Waals surface area contributed by atoms with Crippen LogP contribution in [0.5, 0.6) is 0 Å². The molecule has 7 nitrogen and oxygen atoms in total. The van der Waals surface area contributed by atoms with E-state index in [1.807, 2.05) is 38.1 Å². The number of ether oxygens (including phenoxy) is 1. The molecule has 1 unspecified atom stereocenters. The molecule has 2 aliphatic carbocycles. The van der Waals surface area contributed by atoms with Gasteiger partial charge in [-0.05, 0) is 41.0 Å². The fourth-order valence-electron chi connectivity index (χ4n) is 5.73. The Kier molecular flexibility index (Phi) is 6.03. The highest BCUT2D eigenvalue weighted by atomic mass is 16.5. The molecule has 0 aromatic heterocycles. The lowest BCUT2D eigenvalue weighted by molar-refractivity contribution is -0.143. The third-order valence-electron chi connectivity index (χ3n) is 8.04. The Bertz CT molecular complexity index is 1110. The number of carbonyl (C=O) groups is 3. The van der Waals surface area contributed by atoms with Gasteiger partial charge in [-0.15, -0.1) is 0 Å². The summed E-state index contributed by atoms with van der Waals surface area (Å²) in [5, 5.41) is 12.4. The van der Waals surface area contributed by atoms with Gasteiger partial charge in [-0.3, -0.25) is 9.59 Å². The Hall–Kier alpha value is -3.35. The average Bonchev–Trinajstić information content (AvgIpc) is 3.38. The van der Waals surface area contributed by atoms with Gasteiger partial charge < -0.3 is 20.1 Å². The van der Waals surface area contributed by atoms with Crippen LogP contribution in [0.2, 0.25) is 0 Å². The van der Waals surface area contributed by atoms with Crippen molar-refractivity contribution < 1.29 is 24.2 Å². The molecule has 184 valence electrons. The Morgan fingerprint density at radius 3 is 2.17 bits per heavy atom. The predicted octanol–water partition coefficient (Wildman–Crippen LogP) is 4.26. The summed E-state index contributed by atoms with van der Waals surface area (Å²) in [6.45, 7) is 4.87. The van der Waals surface area contributed by atoms with Gasteiger partial charge in [0.05, 0.1) is 5.92 Å². The number of alkyl carbamates (subject to hydrolysis) is 1. The lowest BCUT2D eigenvalue weighted by Crippen LogP contribution is -2.43. The van der Waals surface area contributed by atoms with Gasteiger partial charge in [0.2, 0.25) is 5.91 Å². The van der Waals surface area contributed by atoms with Gasteiger partial charge in [0.1, 0.15) is 6.61 Å². The zero-order valence-corrected chi connectivity index (χ0v) is 20.2. The Balaban J connectivity index is 1.20. The number of likely N-dealkylation sites (tertiary alicyclic amines) is 1. The van der Waals surface area contributed by atoms with Crippen molar-refractivity contribution in [1.82, 2.24) is 10.2 Å². The van der Waals surface area contributed by atoms with Crippen molar-refractivity contribution in [2.75, 3.05) is 19.7 Å². The molecule has 2 fully saturated rings. The minimum atomic E-state index is -0.824. The van der Waals surface area contributed by atoms with Crippen LogP contribution in [0.4, 0.5) is 4.79 Å². The summed E-state index contributed by atoms with van der Waals surface area (Å²) in [6.07, 6.45) is 1.31. The fraction of sp³-hybridized carbons (Fsp3) is 0.464. The van der Waals surface area contributed by atoms with Crippen molar-refractivity contribution in [3.63, 3.8) is 0 Å². The number of fused-ring (bicyclic) bond motifs is 3. The number of hydrogen-bond acceptors (Lipinski definition) is 4. The molecular weight excluding hydrogens is 444 g/mol. The molecule has 1 saturated heterocycles. The van der Waals surface area contributed by atoms with Crippen molar-refractivity contribution in [2.24, 2.45) is 17.3 Å². The number of nitrogens with zero attached hydrogens (tertiary/aromatic N) is 1. The van der Waals surface area contributed by atoms with E-state index >= 15 is 0 Å². The number of amides is 2. The van der Waals surface area contributed by atoms with Crippen LogP contribution in [-0.2, 0) is 14.3 Å². The Morgan fingerprint density at radius 1 is 1.06 bits per heavy atom. The van der Waals surface area contributed by atoms with E-state index in [-0.39, 0.29) is 42.7 Å². The molecule has 0 bridgehead atoms. The van der Waals surface area contributed by atoms with Gasteiger partial charge in [-0.25, -0.2) is 4.79 Å². The molecule has 3 aliphatic rings. The lowest BCUT2D eigenvalue weighted by atomic mass is 9.93. The highest BCUT2D eigenvalue weighted by molar-refractivity contribution is 5.81. The van der Waals surface area contributed by atoms with E-state index in [9.17, 15) is 19.5 Å². The normalized spacial score (nSPS) is 20.4. The molecule has 1 spiro atoms. The van der Waals surface area contributed by atoms with E-state index in [2.05, 4.69) is 29.6 Å². The van der Waals surface area contributed by atoms with Gasteiger partial charge in [-0.1, -0.05) is 62.4 Å². The molecule has 0 radical (unpaired) electrons. The molecule has 2 amide bonds. The highest BCUT2D eigenvalue weighted by Crippen LogP contribution is 2.56. The summed E-state index contributed by atoms with van der Waals surface area (Å²) in [4.78, 5) is 39.1. The lowest BCUT2D eigenvalue weighted by Gasteiger charge is -2.25. The monoisotopic (exact) mass is 476 g/mol. The smallest absolute Gasteiger partial charge is 0.407 e. The second-order valence-corrected chi connectivity index (χ2v) is 10.6. The zero-order chi connectivity index (χ0) is 24.7. The number of carboxylic acid groups (broad SMARTS) is 1. The zero-order valence-electron chi connectivity index (χ0n) is 20.2. The van der Waals surface area contributed by atoms with Crippen LogP contribution in [0.25, 0.3) is 11.1 Å². The van der Waals surface area contributed by atoms with Crippen LogP contribution in [0, 0.1) is 17.3 Å². The van der Waals surface area contributed by atoms with Gasteiger partial charge in [0.15, 0.2) is 0 Å². The number of benzene rings is 2. The minimum Gasteiger partial charge on any atom is -0.481 e. The minimum absolute atomic E-state index is 0.0205. The first-order valence-electron chi connectivity index (χ1n) is 12.4. The standard InChI is InChI=1S/C28H32N2O5/c1-17(2)24(13-25(31)30-14-23(26(32)33)28(16-30)11-12-28)29-27(34)35-15-22-20-9-5-3-7-18(20)19-8-4-6-10-21(19)22/h3-10,17,22-24H,11-16H2,1-2H3,(H,29,34)(H,32,33)/t23?,24-/m0/s1. The maximum atomic E-state index is 13.0. The third-order valence-corrected chi connectivity index (χ3v) is 8.04. The quantitative estimate of drug-likeness (QED) is 0.622. The number of aliphatic carboxylic acids is 1. The summed E-state index contributed by atoms with van der Waals surface area (Å²) in [5.41, 5.74) is 4.39. The second-order valence-electron chi connectivity index (χ2n) is 10.6. The number of carboxylic acids is 1. The van der Waals surface area contributed by atoms with Crippen molar-refractivity contribution in [3.05, 3.63) is 59.7 Å². The van der Waals surface area contributed by atoms with Crippen LogP contribution in [0.15, 0.2) is 48.5 Å². The van der Waals surface area contributed by atoms with Gasteiger partial charge in [0, 0.05) is 36.9 Å². The molecular formula is C28H32N2O5. The van der Waals surface area contributed by atoms with Crippen molar-refractivity contribution in [2.45, 2.75) is 45.1 Å². The van der Waals surface area contributed by atoms with E-state index in [0.29, 0.717) is 6.54 Å². The van der Waals surface area contributed by atoms with Crippen LogP contribution in [0.3, 0.4) is 0 Å². The molecule has 1 heterocycles. The Morgan fingerprint density at radius 2 is 1.66 bits per heavy atom. The maximum Gasteiger partial charge on any atom is 0.407 e. The second kappa shape index (κ2) is 9.02. The number of hydrogen-bond donors (Lipinski definition) is 2. The van der Waals surface area contributed by atoms with Crippen molar-refractivity contribution >= 4 is 18.0 Å². The van der Waals surface area contributed by atoms with Crippen LogP contribution < -0.4 is 5.32 Å². The number of rotatable bonds is 7. The molecule has 2 N–H and O–H groups in total. The van der Waals surface area contributed by atoms with Crippen LogP contribution in [0.1, 0.15) is 50.2 Å². The maximum absolute atomic E-state index is 13.0. The average molecular weight is 477 g/mol. The molecule has 5 rings (SSSR count). The summed E-state index contributed by atoms with van der Waals surface area (Å²) >= 11 is 0. The topological polar surface area (TPSA) is 95.9 Å². The van der Waals surface area contributed by atoms with Gasteiger partial charge >= 0.3 is 12.1 Å². The molecule has 1 saturated carbocycles. The van der Waals surface area contributed by atoms with E-state index in [1.54, 1.807) is 4.90 Å². The summed E-state index contributed by atoms with van der Waals surface area (Å²) in [7, 11) is 0. The van der Waals surface area contributed by atoms with Crippen molar-refractivity contribution in [1.29, 1.82) is 0 Å². The summed E-state index contributed by atoms with van der Waals surface area (Å²) in [5.74, 6) is -1.43. The van der Waals surface area contributed by atoms with E-state index in [0.717, 1.165) is 24.0 Å². The molecule has 7 heteroatoms. The molecule has 2 aromatic carbocycles. The largest absolute Gasteiger partial charge is 0.481 e. The van der Waals surface area contributed by atoms with E-state index < -0.39 is 24.0 Å². The number of carbonyl (C=O) groups excluding carboxylic acids is 2. The van der Waals surface area contributed by atoms with Gasteiger partial charge in [0.25, 0.3) is 0 Å².